The van der Waals surface area contributed by atoms with Crippen LogP contribution < -0.4 is 5.73 Å². The van der Waals surface area contributed by atoms with Crippen molar-refractivity contribution in [2.24, 2.45) is 5.73 Å². The number of nitrogens with two attached hydrogens (primary N) is 1. The van der Waals surface area contributed by atoms with E-state index in [0.29, 0.717) is 11.4 Å². The van der Waals surface area contributed by atoms with Gasteiger partial charge >= 0.3 is 0 Å². The van der Waals surface area contributed by atoms with Gasteiger partial charge in [-0.2, -0.15) is 0 Å². The molecule has 88 valence electrons. The standard InChI is InChI=1S/C10H11N5O2/c1-7-3-2-4-9(15(16)17)10(7)14-6-8(5-11)12-13-14/h2-4,6H,5,11H2,1H3. The van der Waals surface area contributed by atoms with Crippen LogP contribution in [0.2, 0.25) is 0 Å². The first-order valence-electron chi connectivity index (χ1n) is 4.99. The number of aryl methyl sites for hydroxylation is 1. The molecule has 0 spiro atoms. The number of hydrogen-bond donors (Lipinski definition) is 1. The fourth-order valence-electron chi connectivity index (χ4n) is 1.59. The molecule has 0 bridgehead atoms. The maximum absolute atomic E-state index is 10.9. The van der Waals surface area contributed by atoms with Crippen molar-refractivity contribution in [2.45, 2.75) is 13.5 Å². The lowest BCUT2D eigenvalue weighted by Gasteiger charge is -2.05. The Morgan fingerprint density at radius 3 is 2.88 bits per heavy atom. The van der Waals surface area contributed by atoms with Gasteiger partial charge in [0, 0.05) is 12.6 Å². The highest BCUT2D eigenvalue weighted by Gasteiger charge is 2.18. The summed E-state index contributed by atoms with van der Waals surface area (Å²) in [5, 5.41) is 18.6. The Kier molecular flexibility index (Phi) is 2.84. The zero-order valence-corrected chi connectivity index (χ0v) is 9.20. The minimum absolute atomic E-state index is 0.00142. The topological polar surface area (TPSA) is 99.9 Å². The van der Waals surface area contributed by atoms with E-state index in [9.17, 15) is 10.1 Å². The monoisotopic (exact) mass is 233 g/mol. The van der Waals surface area contributed by atoms with E-state index in [-0.39, 0.29) is 12.2 Å². The molecule has 1 aromatic carbocycles. The molecule has 2 aromatic rings. The van der Waals surface area contributed by atoms with E-state index in [0.717, 1.165) is 5.56 Å². The number of para-hydroxylation sites is 1. The zero-order chi connectivity index (χ0) is 12.4. The van der Waals surface area contributed by atoms with Gasteiger partial charge in [-0.1, -0.05) is 17.3 Å². The molecule has 7 heteroatoms. The molecule has 0 fully saturated rings. The predicted octanol–water partition coefficient (Wildman–Crippen LogP) is 0.943. The number of hydrogen-bond acceptors (Lipinski definition) is 5. The number of nitro groups is 1. The second-order valence-corrected chi connectivity index (χ2v) is 3.56. The van der Waals surface area contributed by atoms with Crippen LogP contribution >= 0.6 is 0 Å². The summed E-state index contributed by atoms with van der Waals surface area (Å²) in [6.07, 6.45) is 1.59. The molecule has 7 nitrogen and oxygen atoms in total. The van der Waals surface area contributed by atoms with Gasteiger partial charge in [-0.25, -0.2) is 4.68 Å². The lowest BCUT2D eigenvalue weighted by atomic mass is 10.1. The van der Waals surface area contributed by atoms with Crippen LogP contribution in [0.1, 0.15) is 11.3 Å². The van der Waals surface area contributed by atoms with Crippen LogP contribution in [0, 0.1) is 17.0 Å². The minimum atomic E-state index is -0.438. The molecule has 1 heterocycles. The smallest absolute Gasteiger partial charge is 0.295 e. The Morgan fingerprint density at radius 2 is 2.29 bits per heavy atom. The molecule has 1 aromatic heterocycles. The highest BCUT2D eigenvalue weighted by Crippen LogP contribution is 2.25. The Balaban J connectivity index is 2.61. The van der Waals surface area contributed by atoms with Gasteiger partial charge in [-0.15, -0.1) is 5.10 Å². The van der Waals surface area contributed by atoms with Crippen LogP contribution in [-0.4, -0.2) is 19.9 Å². The van der Waals surface area contributed by atoms with Crippen LogP contribution in [0.25, 0.3) is 5.69 Å². The first-order valence-corrected chi connectivity index (χ1v) is 4.99. The lowest BCUT2D eigenvalue weighted by molar-refractivity contribution is -0.384. The molecular weight excluding hydrogens is 222 g/mol. The normalized spacial score (nSPS) is 10.5. The molecule has 0 atom stereocenters. The quantitative estimate of drug-likeness (QED) is 0.628. The molecule has 17 heavy (non-hydrogen) atoms. The van der Waals surface area contributed by atoms with Crippen LogP contribution in [0.3, 0.4) is 0 Å². The molecule has 2 N–H and O–H groups in total. The predicted molar refractivity (Wildman–Crippen MR) is 60.6 cm³/mol. The number of nitro benzene ring substituents is 1. The third-order valence-electron chi connectivity index (χ3n) is 2.39. The van der Waals surface area contributed by atoms with E-state index in [1.807, 2.05) is 0 Å². The zero-order valence-electron chi connectivity index (χ0n) is 9.20. The van der Waals surface area contributed by atoms with Crippen molar-refractivity contribution in [1.82, 2.24) is 15.0 Å². The summed E-state index contributed by atoms with van der Waals surface area (Å²) in [5.74, 6) is 0. The molecule has 0 amide bonds. The fourth-order valence-corrected chi connectivity index (χ4v) is 1.59. The summed E-state index contributed by atoms with van der Waals surface area (Å²) >= 11 is 0. The van der Waals surface area contributed by atoms with E-state index in [1.165, 1.54) is 10.7 Å². The number of aromatic nitrogens is 3. The summed E-state index contributed by atoms with van der Waals surface area (Å²) in [7, 11) is 0. The molecule has 0 saturated carbocycles. The van der Waals surface area contributed by atoms with E-state index < -0.39 is 4.92 Å². The third-order valence-corrected chi connectivity index (χ3v) is 2.39. The largest absolute Gasteiger partial charge is 0.325 e. The van der Waals surface area contributed by atoms with E-state index in [2.05, 4.69) is 10.3 Å². The average molecular weight is 233 g/mol. The van der Waals surface area contributed by atoms with Crippen LogP contribution in [0.15, 0.2) is 24.4 Å². The maximum atomic E-state index is 10.9. The fraction of sp³-hybridized carbons (Fsp3) is 0.200. The van der Waals surface area contributed by atoms with Gasteiger partial charge in [0.05, 0.1) is 16.8 Å². The van der Waals surface area contributed by atoms with Crippen LogP contribution in [0.5, 0.6) is 0 Å². The molecular formula is C10H11N5O2. The molecule has 0 unspecified atom stereocenters. The maximum Gasteiger partial charge on any atom is 0.295 e. The second-order valence-electron chi connectivity index (χ2n) is 3.56. The van der Waals surface area contributed by atoms with Crippen LogP contribution in [-0.2, 0) is 6.54 Å². The van der Waals surface area contributed by atoms with Gasteiger partial charge in [0.25, 0.3) is 5.69 Å². The Bertz CT molecular complexity index is 564. The number of nitrogens with zero attached hydrogens (tertiary/aromatic N) is 4. The number of rotatable bonds is 3. The van der Waals surface area contributed by atoms with E-state index in [4.69, 9.17) is 5.73 Å². The van der Waals surface area contributed by atoms with Crippen molar-refractivity contribution in [3.05, 3.63) is 45.8 Å². The van der Waals surface area contributed by atoms with Gasteiger partial charge in [-0.3, -0.25) is 10.1 Å². The van der Waals surface area contributed by atoms with Gasteiger partial charge in [0.15, 0.2) is 0 Å². The Hall–Kier alpha value is -2.28. The Labute approximate surface area is 97.0 Å². The molecule has 0 saturated heterocycles. The highest BCUT2D eigenvalue weighted by atomic mass is 16.6. The van der Waals surface area contributed by atoms with Gasteiger partial charge < -0.3 is 5.73 Å². The lowest BCUT2D eigenvalue weighted by Crippen LogP contribution is -2.03. The summed E-state index contributed by atoms with van der Waals surface area (Å²) in [6.45, 7) is 2.03. The van der Waals surface area contributed by atoms with Crippen molar-refractivity contribution in [3.63, 3.8) is 0 Å². The van der Waals surface area contributed by atoms with Gasteiger partial charge in [0.1, 0.15) is 5.69 Å². The molecule has 0 aliphatic carbocycles. The summed E-state index contributed by atoms with van der Waals surface area (Å²) in [5.41, 5.74) is 7.19. The van der Waals surface area contributed by atoms with Crippen LogP contribution in [0.4, 0.5) is 5.69 Å². The summed E-state index contributed by atoms with van der Waals surface area (Å²) in [6, 6.07) is 4.86. The van der Waals surface area contributed by atoms with Crippen molar-refractivity contribution in [3.8, 4) is 5.69 Å². The average Bonchev–Trinajstić information content (AvgIpc) is 2.76. The van der Waals surface area contributed by atoms with Gasteiger partial charge in [-0.05, 0) is 12.5 Å². The SMILES string of the molecule is Cc1cccc([N+](=O)[O-])c1-n1cc(CN)nn1. The third kappa shape index (κ3) is 2.00. The van der Waals surface area contributed by atoms with E-state index >= 15 is 0 Å². The first-order chi connectivity index (χ1) is 8.13. The number of benzene rings is 1. The van der Waals surface area contributed by atoms with Gasteiger partial charge in [0.2, 0.25) is 0 Å². The van der Waals surface area contributed by atoms with Crippen molar-refractivity contribution in [2.75, 3.05) is 0 Å². The molecule has 0 aliphatic rings. The minimum Gasteiger partial charge on any atom is -0.325 e. The highest BCUT2D eigenvalue weighted by molar-refractivity contribution is 5.56. The summed E-state index contributed by atoms with van der Waals surface area (Å²) in [4.78, 5) is 10.5. The first kappa shape index (κ1) is 11.2. The summed E-state index contributed by atoms with van der Waals surface area (Å²) < 4.78 is 1.38. The van der Waals surface area contributed by atoms with Crippen molar-refractivity contribution in [1.29, 1.82) is 0 Å². The second kappa shape index (κ2) is 4.30. The van der Waals surface area contributed by atoms with Crippen molar-refractivity contribution < 1.29 is 4.92 Å². The van der Waals surface area contributed by atoms with E-state index in [1.54, 1.807) is 25.3 Å². The molecule has 0 radical (unpaired) electrons. The Morgan fingerprint density at radius 1 is 1.53 bits per heavy atom. The molecule has 2 rings (SSSR count). The van der Waals surface area contributed by atoms with Crippen molar-refractivity contribution >= 4 is 5.69 Å². The molecule has 0 aliphatic heterocycles.